The van der Waals surface area contributed by atoms with Crippen LogP contribution in [0.25, 0.3) is 0 Å². The van der Waals surface area contributed by atoms with Crippen LogP contribution >= 0.6 is 36.2 Å². The largest absolute Gasteiger partial charge is 0.363 e. The zero-order valence-corrected chi connectivity index (χ0v) is 60.0. The van der Waals surface area contributed by atoms with Crippen molar-refractivity contribution in [2.24, 2.45) is 0 Å². The molecule has 0 aromatic heterocycles. The van der Waals surface area contributed by atoms with Crippen molar-refractivity contribution in [2.75, 3.05) is 40.0 Å². The molecule has 4 saturated heterocycles. The smallest absolute Gasteiger partial charge is 0.280 e. The van der Waals surface area contributed by atoms with Gasteiger partial charge in [-0.15, -0.1) is 23.5 Å². The molecule has 4 fully saturated rings. The van der Waals surface area contributed by atoms with Gasteiger partial charge >= 0.3 is 0 Å². The van der Waals surface area contributed by atoms with Gasteiger partial charge < -0.3 is 20.0 Å². The molecule has 7 aromatic carbocycles. The molecule has 0 saturated carbocycles. The van der Waals surface area contributed by atoms with Gasteiger partial charge in [0.05, 0.1) is 21.2 Å². The third-order valence-corrected chi connectivity index (χ3v) is 26.6. The van der Waals surface area contributed by atoms with Gasteiger partial charge in [-0.1, -0.05) is 198 Å². The number of fused-ring (bicyclic) bond motifs is 10. The number of nitrogens with zero attached hydrogens (tertiary/aromatic N) is 6. The molecule has 526 valence electrons. The summed E-state index contributed by atoms with van der Waals surface area (Å²) in [4.78, 5) is 97.3. The van der Waals surface area contributed by atoms with E-state index in [1.54, 1.807) is 152 Å². The van der Waals surface area contributed by atoms with Crippen molar-refractivity contribution in [3.63, 3.8) is 0 Å². The SMILES string of the molecule is C.CCC[C@]12C[C@@]3(O)C(=O)N(C)[C@](C)(O)C(=O)N3[C@H]1N(S(=O)(=O)c1ccccc1)c1ccccc12.CCC[C@]12C[C@]3(SCCC(=O)c4ccccc4)C(=O)N(C)[C@@](C)(SCCC(=O)c4ccccc4)C(=O)N3[C@H]1N(S(=O)(=O)c1ccccc1)c1ccccc12.O=C(CCS)c1ccccc1. The summed E-state index contributed by atoms with van der Waals surface area (Å²) >= 11 is 6.46. The zero-order valence-electron chi connectivity index (χ0n) is 55.8. The number of thiol groups is 1. The van der Waals surface area contributed by atoms with Crippen molar-refractivity contribution in [1.29, 1.82) is 0 Å². The van der Waals surface area contributed by atoms with E-state index in [1.807, 2.05) is 68.4 Å². The number of hydrogen-bond acceptors (Lipinski definition) is 16. The zero-order chi connectivity index (χ0) is 71.1. The first kappa shape index (κ1) is 74.6. The monoisotopic (exact) mass is 1450 g/mol. The molecule has 24 heteroatoms. The molecular formula is C76H84N6O13S5. The Morgan fingerprint density at radius 2 is 0.850 bits per heavy atom. The Labute approximate surface area is 599 Å². The molecule has 0 spiro atoms. The molecule has 6 heterocycles. The first-order valence-corrected chi connectivity index (χ1v) is 38.4. The number of ketones is 3. The Morgan fingerprint density at radius 3 is 1.27 bits per heavy atom. The van der Waals surface area contributed by atoms with E-state index in [1.165, 1.54) is 58.8 Å². The molecule has 0 aliphatic carbocycles. The maximum absolute atomic E-state index is 15.5. The highest BCUT2D eigenvalue weighted by atomic mass is 32.2. The number of benzene rings is 7. The summed E-state index contributed by atoms with van der Waals surface area (Å²) in [5, 5.41) is 22.6. The molecule has 0 radical (unpaired) electrons. The highest BCUT2D eigenvalue weighted by molar-refractivity contribution is 8.02. The molecule has 4 amide bonds. The van der Waals surface area contributed by atoms with Gasteiger partial charge in [-0.25, -0.2) is 25.4 Å². The van der Waals surface area contributed by atoms with Crippen LogP contribution in [-0.2, 0) is 50.1 Å². The van der Waals surface area contributed by atoms with Crippen LogP contribution in [0, 0.1) is 0 Å². The van der Waals surface area contributed by atoms with Crippen molar-refractivity contribution >= 4 is 109 Å². The van der Waals surface area contributed by atoms with Crippen molar-refractivity contribution in [3.05, 3.63) is 228 Å². The van der Waals surface area contributed by atoms with Crippen LogP contribution in [0.15, 0.2) is 210 Å². The summed E-state index contributed by atoms with van der Waals surface area (Å²) in [7, 11) is -5.60. The first-order valence-electron chi connectivity index (χ1n) is 32.9. The lowest BCUT2D eigenvalue weighted by Crippen LogP contribution is -2.75. The molecule has 100 heavy (non-hydrogen) atoms. The fourth-order valence-electron chi connectivity index (χ4n) is 15.2. The number of sulfonamides is 2. The van der Waals surface area contributed by atoms with Gasteiger partial charge in [0, 0.05) is 85.2 Å². The number of hydrogen-bond donors (Lipinski definition) is 3. The number of amides is 4. The van der Waals surface area contributed by atoms with Crippen molar-refractivity contribution < 1.29 is 60.6 Å². The summed E-state index contributed by atoms with van der Waals surface area (Å²) in [5.41, 5.74) is -2.32. The summed E-state index contributed by atoms with van der Waals surface area (Å²) in [6.07, 6.45) is 0.695. The molecule has 8 atom stereocenters. The number of para-hydroxylation sites is 2. The van der Waals surface area contributed by atoms with Gasteiger partial charge in [0.25, 0.3) is 43.7 Å². The average Bonchev–Trinajstić information content (AvgIpc) is 1.50. The summed E-state index contributed by atoms with van der Waals surface area (Å²) in [6.45, 7) is 6.81. The van der Waals surface area contributed by atoms with E-state index in [2.05, 4.69) is 12.6 Å². The molecule has 6 aliphatic heterocycles. The second kappa shape index (κ2) is 29.1. The molecule has 7 aromatic rings. The van der Waals surface area contributed by atoms with E-state index < -0.39 is 82.1 Å². The predicted octanol–water partition coefficient (Wildman–Crippen LogP) is 11.6. The minimum absolute atomic E-state index is 0. The Morgan fingerprint density at radius 1 is 0.480 bits per heavy atom. The number of Topliss-reactive ketones (excluding diaryl/α,β-unsaturated/α-hetero) is 3. The van der Waals surface area contributed by atoms with E-state index in [-0.39, 0.29) is 77.7 Å². The number of likely N-dealkylation sites (N-methyl/N-ethyl adjacent to an activating group) is 2. The van der Waals surface area contributed by atoms with Gasteiger partial charge in [0.2, 0.25) is 11.4 Å². The van der Waals surface area contributed by atoms with Crippen molar-refractivity contribution in [1.82, 2.24) is 19.6 Å². The number of piperazine rings is 2. The molecule has 2 N–H and O–H groups in total. The maximum atomic E-state index is 15.5. The number of carbonyl (C=O) groups is 7. The molecule has 6 aliphatic rings. The van der Waals surface area contributed by atoms with Gasteiger partial charge in [-0.05, 0) is 80.0 Å². The van der Waals surface area contributed by atoms with Gasteiger partial charge in [-0.2, -0.15) is 12.6 Å². The lowest BCUT2D eigenvalue weighted by Gasteiger charge is -2.54. The van der Waals surface area contributed by atoms with Crippen LogP contribution in [0.4, 0.5) is 11.4 Å². The van der Waals surface area contributed by atoms with Gasteiger partial charge in [-0.3, -0.25) is 43.4 Å². The summed E-state index contributed by atoms with van der Waals surface area (Å²) in [5.74, 6) is -1.41. The van der Waals surface area contributed by atoms with Crippen LogP contribution < -0.4 is 8.61 Å². The summed E-state index contributed by atoms with van der Waals surface area (Å²) < 4.78 is 60.4. The van der Waals surface area contributed by atoms with E-state index in [4.69, 9.17) is 0 Å². The van der Waals surface area contributed by atoms with Crippen LogP contribution in [-0.4, -0.2) is 153 Å². The average molecular weight is 1450 g/mol. The van der Waals surface area contributed by atoms with E-state index in [9.17, 15) is 51.0 Å². The number of carbonyl (C=O) groups excluding carboxylic acids is 7. The standard InChI is InChI=1S/C42H43N3O6S3.C24H27N3O6S.C9H10OS.CH4/c1-4-26-41-29-42(53-28-25-36(47)31-18-10-6-11-19-31)39(49)43(3)40(2,52-27-24-35(46)30-16-8-5-9-17-30)38(48)44(42)37(41)45(34-23-15-14-22-33(34)41)54(50,51)32-20-12-7-13-21-32;1-4-14-23-15-24(31)21(29)25(3)22(2,30)20(28)26(24)19(23)27(18-13-9-8-12-17(18)23)34(32,33)16-10-6-5-7-11-16;10-9(6-7-11)8-4-2-1-3-5-8;/h5-23,37H,4,24-29H2,1-3H3;5-13,19,30-31H,4,14-15H2,1-3H3;1-5,11H,6-7H2;1H4/t37-,40-,41+,42-;19-,22+,23+,24+;;/m00../s1. The normalized spacial score (nSPS) is 25.4. The number of aliphatic hydroxyl groups is 2. The quantitative estimate of drug-likeness (QED) is 0.0447. The molecule has 0 bridgehead atoms. The van der Waals surface area contributed by atoms with Crippen LogP contribution in [0.5, 0.6) is 0 Å². The van der Waals surface area contributed by atoms with Crippen LogP contribution in [0.1, 0.15) is 135 Å². The third-order valence-electron chi connectivity index (χ3n) is 20.0. The van der Waals surface area contributed by atoms with E-state index in [0.717, 1.165) is 25.2 Å². The lowest BCUT2D eigenvalue weighted by atomic mass is 9.74. The Balaban J connectivity index is 0.000000199. The molecule has 13 rings (SSSR count). The first-order chi connectivity index (χ1) is 47.2. The highest BCUT2D eigenvalue weighted by Gasteiger charge is 2.77. The Kier molecular flexibility index (Phi) is 21.7. The fourth-order valence-corrected chi connectivity index (χ4v) is 21.5. The topological polar surface area (TPSA) is 248 Å². The second-order valence-corrected chi connectivity index (χ2v) is 32.8. The maximum Gasteiger partial charge on any atom is 0.280 e. The highest BCUT2D eigenvalue weighted by Crippen LogP contribution is 2.66. The molecule has 19 nitrogen and oxygen atoms in total. The van der Waals surface area contributed by atoms with Crippen molar-refractivity contribution in [2.45, 2.75) is 147 Å². The van der Waals surface area contributed by atoms with E-state index in [0.29, 0.717) is 65.9 Å². The minimum atomic E-state index is -4.26. The van der Waals surface area contributed by atoms with Crippen LogP contribution in [0.2, 0.25) is 0 Å². The fraction of sp³-hybridized carbons (Fsp3) is 0.355. The number of rotatable bonds is 21. The Hall–Kier alpha value is -8.10. The van der Waals surface area contributed by atoms with Crippen LogP contribution in [0.3, 0.4) is 0 Å². The Bertz CT molecular complexity index is 4470. The number of thioether (sulfide) groups is 2. The van der Waals surface area contributed by atoms with Crippen molar-refractivity contribution in [3.8, 4) is 0 Å². The van der Waals surface area contributed by atoms with Gasteiger partial charge in [0.1, 0.15) is 12.3 Å². The predicted molar refractivity (Wildman–Crippen MR) is 393 cm³/mol. The molecule has 0 unspecified atom stereocenters. The second-order valence-electron chi connectivity index (χ2n) is 25.9. The lowest BCUT2D eigenvalue weighted by molar-refractivity contribution is -0.224. The van der Waals surface area contributed by atoms with E-state index >= 15 is 9.59 Å². The molecular weight excluding hydrogens is 1370 g/mol. The third kappa shape index (κ3) is 12.4. The summed E-state index contributed by atoms with van der Waals surface area (Å²) in [6, 6.07) is 57.5. The van der Waals surface area contributed by atoms with Gasteiger partial charge in [0.15, 0.2) is 27.1 Å². The minimum Gasteiger partial charge on any atom is -0.363 e. The number of anilines is 2.